The number of anilines is 1. The van der Waals surface area contributed by atoms with Gasteiger partial charge in [-0.05, 0) is 18.6 Å². The molecule has 0 aliphatic carbocycles. The number of para-hydroxylation sites is 1. The summed E-state index contributed by atoms with van der Waals surface area (Å²) in [5.74, 6) is 0.913. The maximum Gasteiger partial charge on any atom is 0.145 e. The van der Waals surface area contributed by atoms with Gasteiger partial charge >= 0.3 is 0 Å². The molecule has 0 amide bonds. The molecule has 0 aliphatic rings. The van der Waals surface area contributed by atoms with Crippen LogP contribution in [0.1, 0.15) is 25.3 Å². The maximum absolute atomic E-state index is 5.64. The molecule has 0 radical (unpaired) electrons. The lowest BCUT2D eigenvalue weighted by Gasteiger charge is -2.16. The molecule has 0 spiro atoms. The summed E-state index contributed by atoms with van der Waals surface area (Å²) in [4.78, 5) is 0. The minimum Gasteiger partial charge on any atom is -0.494 e. The van der Waals surface area contributed by atoms with Gasteiger partial charge in [0, 0.05) is 11.3 Å². The molecule has 0 heterocycles. The van der Waals surface area contributed by atoms with Crippen LogP contribution in [0.5, 0.6) is 0 Å². The van der Waals surface area contributed by atoms with E-state index in [4.69, 9.17) is 4.74 Å². The SMILES string of the molecule is CCCC(Nc1ccccc1)=C(OC)c1ccccc1. The lowest BCUT2D eigenvalue weighted by atomic mass is 10.1. The molecular formula is C18H21NO. The van der Waals surface area contributed by atoms with E-state index in [9.17, 15) is 0 Å². The second-order valence-electron chi connectivity index (χ2n) is 4.62. The largest absolute Gasteiger partial charge is 0.494 e. The summed E-state index contributed by atoms with van der Waals surface area (Å²) in [6, 6.07) is 20.4. The fraction of sp³-hybridized carbons (Fsp3) is 0.222. The quantitative estimate of drug-likeness (QED) is 0.750. The highest BCUT2D eigenvalue weighted by Crippen LogP contribution is 2.24. The van der Waals surface area contributed by atoms with Gasteiger partial charge in [0.05, 0.1) is 12.8 Å². The van der Waals surface area contributed by atoms with Crippen molar-refractivity contribution in [3.8, 4) is 0 Å². The molecule has 0 saturated carbocycles. The Morgan fingerprint density at radius 3 is 2.10 bits per heavy atom. The molecule has 20 heavy (non-hydrogen) atoms. The molecule has 2 nitrogen and oxygen atoms in total. The molecule has 104 valence electrons. The molecule has 0 bridgehead atoms. The number of methoxy groups -OCH3 is 1. The zero-order valence-electron chi connectivity index (χ0n) is 12.1. The van der Waals surface area contributed by atoms with Crippen molar-refractivity contribution in [2.24, 2.45) is 0 Å². The van der Waals surface area contributed by atoms with Crippen LogP contribution in [0.25, 0.3) is 5.76 Å². The van der Waals surface area contributed by atoms with Crippen molar-refractivity contribution in [1.29, 1.82) is 0 Å². The molecule has 0 aromatic heterocycles. The van der Waals surface area contributed by atoms with Gasteiger partial charge in [0.15, 0.2) is 0 Å². The van der Waals surface area contributed by atoms with Crippen molar-refractivity contribution in [3.05, 3.63) is 71.9 Å². The average molecular weight is 267 g/mol. The highest BCUT2D eigenvalue weighted by molar-refractivity contribution is 5.67. The van der Waals surface area contributed by atoms with Gasteiger partial charge in [-0.3, -0.25) is 0 Å². The highest BCUT2D eigenvalue weighted by atomic mass is 16.5. The van der Waals surface area contributed by atoms with Crippen LogP contribution in [-0.2, 0) is 4.74 Å². The molecule has 0 aliphatic heterocycles. The summed E-state index contributed by atoms with van der Waals surface area (Å²) < 4.78 is 5.64. The number of rotatable bonds is 6. The zero-order valence-corrected chi connectivity index (χ0v) is 12.1. The Bertz CT molecular complexity index is 546. The van der Waals surface area contributed by atoms with Gasteiger partial charge in [-0.25, -0.2) is 0 Å². The third-order valence-electron chi connectivity index (χ3n) is 3.08. The molecule has 1 N–H and O–H groups in total. The number of benzene rings is 2. The van der Waals surface area contributed by atoms with Crippen LogP contribution in [0.15, 0.2) is 66.4 Å². The summed E-state index contributed by atoms with van der Waals surface area (Å²) in [5.41, 5.74) is 3.30. The van der Waals surface area contributed by atoms with E-state index < -0.39 is 0 Å². The van der Waals surface area contributed by atoms with Crippen LogP contribution in [0.2, 0.25) is 0 Å². The lowest BCUT2D eigenvalue weighted by molar-refractivity contribution is 0.365. The third-order valence-corrected chi connectivity index (χ3v) is 3.08. The Morgan fingerprint density at radius 2 is 1.55 bits per heavy atom. The summed E-state index contributed by atoms with van der Waals surface area (Å²) >= 11 is 0. The van der Waals surface area contributed by atoms with Crippen molar-refractivity contribution >= 4 is 11.4 Å². The van der Waals surface area contributed by atoms with Crippen LogP contribution in [0.4, 0.5) is 5.69 Å². The number of ether oxygens (including phenoxy) is 1. The van der Waals surface area contributed by atoms with E-state index >= 15 is 0 Å². The first kappa shape index (κ1) is 14.2. The molecule has 0 saturated heterocycles. The fourth-order valence-electron chi connectivity index (χ4n) is 2.18. The molecule has 2 heteroatoms. The summed E-state index contributed by atoms with van der Waals surface area (Å²) in [6.45, 7) is 2.17. The van der Waals surface area contributed by atoms with Crippen LogP contribution in [0, 0.1) is 0 Å². The smallest absolute Gasteiger partial charge is 0.145 e. The minimum absolute atomic E-state index is 0.913. The number of nitrogens with one attached hydrogen (secondary N) is 1. The van der Waals surface area contributed by atoms with Crippen molar-refractivity contribution in [3.63, 3.8) is 0 Å². The van der Waals surface area contributed by atoms with Crippen molar-refractivity contribution < 1.29 is 4.74 Å². The van der Waals surface area contributed by atoms with E-state index in [1.807, 2.05) is 36.4 Å². The summed E-state index contributed by atoms with van der Waals surface area (Å²) in [6.07, 6.45) is 2.02. The number of hydrogen-bond donors (Lipinski definition) is 1. The molecule has 0 fully saturated rings. The van der Waals surface area contributed by atoms with Gasteiger partial charge in [-0.1, -0.05) is 61.9 Å². The van der Waals surface area contributed by atoms with E-state index in [-0.39, 0.29) is 0 Å². The first-order chi connectivity index (χ1) is 9.85. The maximum atomic E-state index is 5.64. The van der Waals surface area contributed by atoms with E-state index in [0.717, 1.165) is 35.5 Å². The highest BCUT2D eigenvalue weighted by Gasteiger charge is 2.09. The van der Waals surface area contributed by atoms with Crippen LogP contribution >= 0.6 is 0 Å². The molecule has 2 aromatic carbocycles. The molecule has 2 rings (SSSR count). The number of allylic oxidation sites excluding steroid dienone is 1. The Balaban J connectivity index is 2.35. The van der Waals surface area contributed by atoms with Crippen LogP contribution in [-0.4, -0.2) is 7.11 Å². The van der Waals surface area contributed by atoms with Gasteiger partial charge in [0.1, 0.15) is 5.76 Å². The van der Waals surface area contributed by atoms with Gasteiger partial charge in [-0.15, -0.1) is 0 Å². The number of hydrogen-bond acceptors (Lipinski definition) is 2. The van der Waals surface area contributed by atoms with Crippen molar-refractivity contribution in [1.82, 2.24) is 0 Å². The summed E-state index contributed by atoms with van der Waals surface area (Å²) in [5, 5.41) is 3.48. The Morgan fingerprint density at radius 1 is 0.950 bits per heavy atom. The van der Waals surface area contributed by atoms with Gasteiger partial charge in [0.2, 0.25) is 0 Å². The molecule has 0 unspecified atom stereocenters. The van der Waals surface area contributed by atoms with E-state index in [0.29, 0.717) is 0 Å². The molecule has 2 aromatic rings. The van der Waals surface area contributed by atoms with Crippen LogP contribution in [0.3, 0.4) is 0 Å². The average Bonchev–Trinajstić information content (AvgIpc) is 2.50. The Kier molecular flexibility index (Phi) is 5.24. The molecular weight excluding hydrogens is 246 g/mol. The van der Waals surface area contributed by atoms with Gasteiger partial charge < -0.3 is 10.1 Å². The first-order valence-electron chi connectivity index (χ1n) is 6.99. The van der Waals surface area contributed by atoms with Crippen LogP contribution < -0.4 is 5.32 Å². The second-order valence-corrected chi connectivity index (χ2v) is 4.62. The van der Waals surface area contributed by atoms with E-state index in [1.54, 1.807) is 7.11 Å². The summed E-state index contributed by atoms with van der Waals surface area (Å²) in [7, 11) is 1.73. The normalized spacial score (nSPS) is 11.7. The van der Waals surface area contributed by atoms with Gasteiger partial charge in [0.25, 0.3) is 0 Å². The first-order valence-corrected chi connectivity index (χ1v) is 6.99. The van der Waals surface area contributed by atoms with E-state index in [1.165, 1.54) is 0 Å². The topological polar surface area (TPSA) is 21.3 Å². The standard InChI is InChI=1S/C18H21NO/c1-3-10-17(19-16-13-8-5-9-14-16)18(20-2)15-11-6-4-7-12-15/h4-9,11-14,19H,3,10H2,1-2H3. The predicted octanol–water partition coefficient (Wildman–Crippen LogP) is 4.91. The Hall–Kier alpha value is -2.22. The van der Waals surface area contributed by atoms with E-state index in [2.05, 4.69) is 36.5 Å². The monoisotopic (exact) mass is 267 g/mol. The second kappa shape index (κ2) is 7.39. The van der Waals surface area contributed by atoms with Crippen molar-refractivity contribution in [2.45, 2.75) is 19.8 Å². The fourth-order valence-corrected chi connectivity index (χ4v) is 2.18. The van der Waals surface area contributed by atoms with Crippen molar-refractivity contribution in [2.75, 3.05) is 12.4 Å². The minimum atomic E-state index is 0.913. The Labute approximate surface area is 121 Å². The predicted molar refractivity (Wildman–Crippen MR) is 85.3 cm³/mol. The molecule has 0 atom stereocenters. The zero-order chi connectivity index (χ0) is 14.2. The third kappa shape index (κ3) is 3.64. The lowest BCUT2D eigenvalue weighted by Crippen LogP contribution is -2.05. The van der Waals surface area contributed by atoms with Gasteiger partial charge in [-0.2, -0.15) is 0 Å².